The molecular formula is C20H15F6N7O2. The van der Waals surface area contributed by atoms with Crippen molar-refractivity contribution in [1.29, 1.82) is 0 Å². The van der Waals surface area contributed by atoms with E-state index in [-0.39, 0.29) is 47.0 Å². The quantitative estimate of drug-likeness (QED) is 0.531. The fourth-order valence-corrected chi connectivity index (χ4v) is 4.17. The van der Waals surface area contributed by atoms with E-state index < -0.39 is 48.1 Å². The number of anilines is 2. The molecule has 0 aromatic carbocycles. The molecule has 5 heterocycles. The average molecular weight is 499 g/mol. The Bertz CT molecular complexity index is 1400. The fraction of sp³-hybridized carbons (Fsp3) is 0.400. The van der Waals surface area contributed by atoms with E-state index in [9.17, 15) is 35.9 Å². The SMILES string of the molecule is C[C@]12CCC(=O)Nc3nc(-c4nn(CCC(F)(F)C(F)(F)F)c5ncc(F)cc45)nc(c31)NC2=O. The molecule has 2 aliphatic rings. The summed E-state index contributed by atoms with van der Waals surface area (Å²) in [6.45, 7) is 0.732. The van der Waals surface area contributed by atoms with Crippen LogP contribution < -0.4 is 10.6 Å². The van der Waals surface area contributed by atoms with Crippen molar-refractivity contribution in [1.82, 2.24) is 24.7 Å². The number of aromatic nitrogens is 5. The van der Waals surface area contributed by atoms with Crippen molar-refractivity contribution in [2.45, 2.75) is 50.2 Å². The van der Waals surface area contributed by atoms with Gasteiger partial charge in [-0.15, -0.1) is 0 Å². The molecule has 0 unspecified atom stereocenters. The van der Waals surface area contributed by atoms with Gasteiger partial charge in [0.1, 0.15) is 23.1 Å². The lowest BCUT2D eigenvalue weighted by Crippen LogP contribution is -2.37. The maximum absolute atomic E-state index is 14.0. The van der Waals surface area contributed by atoms with E-state index in [1.54, 1.807) is 6.92 Å². The number of aryl methyl sites for hydroxylation is 1. The molecule has 5 rings (SSSR count). The molecule has 184 valence electrons. The molecule has 3 aromatic heterocycles. The van der Waals surface area contributed by atoms with Crippen molar-refractivity contribution in [3.05, 3.63) is 23.6 Å². The second-order valence-electron chi connectivity index (χ2n) is 8.50. The number of halogens is 6. The average Bonchev–Trinajstić information content (AvgIpc) is 3.19. The first kappa shape index (κ1) is 23.0. The van der Waals surface area contributed by atoms with E-state index in [2.05, 4.69) is 30.7 Å². The zero-order valence-corrected chi connectivity index (χ0v) is 17.8. The van der Waals surface area contributed by atoms with Crippen LogP contribution in [0, 0.1) is 5.82 Å². The lowest BCUT2D eigenvalue weighted by atomic mass is 9.81. The number of hydrogen-bond donors (Lipinski definition) is 2. The van der Waals surface area contributed by atoms with Gasteiger partial charge in [0.15, 0.2) is 11.5 Å². The Hall–Kier alpha value is -3.78. The molecule has 0 spiro atoms. The minimum Gasteiger partial charge on any atom is -0.310 e. The summed E-state index contributed by atoms with van der Waals surface area (Å²) in [7, 11) is 0. The van der Waals surface area contributed by atoms with Crippen LogP contribution in [-0.2, 0) is 21.5 Å². The highest BCUT2D eigenvalue weighted by Gasteiger charge is 2.57. The molecule has 0 fully saturated rings. The third-order valence-corrected chi connectivity index (χ3v) is 6.12. The van der Waals surface area contributed by atoms with Gasteiger partial charge in [0.2, 0.25) is 11.8 Å². The highest BCUT2D eigenvalue weighted by Crippen LogP contribution is 2.46. The van der Waals surface area contributed by atoms with Gasteiger partial charge in [-0.05, 0) is 19.4 Å². The van der Waals surface area contributed by atoms with Gasteiger partial charge in [-0.2, -0.15) is 27.1 Å². The van der Waals surface area contributed by atoms with Crippen LogP contribution in [0.5, 0.6) is 0 Å². The summed E-state index contributed by atoms with van der Waals surface area (Å²) in [5.41, 5.74) is -1.08. The van der Waals surface area contributed by atoms with Gasteiger partial charge < -0.3 is 10.6 Å². The standard InChI is InChI=1S/C20H15F6N7O2/c1-18-3-2-10(34)28-13-11(18)14(31-17(18)35)30-15(29-13)12-9-6-8(21)7-27-16(9)33(32-12)5-4-19(22,23)20(24,25)26/h6-7H,2-5H2,1H3,(H2,28,29,30,31,34,35)/t18-/m0/s1. The molecular weight excluding hydrogens is 484 g/mol. The number of nitrogens with one attached hydrogen (secondary N) is 2. The van der Waals surface area contributed by atoms with Crippen LogP contribution >= 0.6 is 0 Å². The van der Waals surface area contributed by atoms with Crippen molar-refractivity contribution in [2.24, 2.45) is 0 Å². The molecule has 0 radical (unpaired) electrons. The Kier molecular flexibility index (Phi) is 4.83. The smallest absolute Gasteiger partial charge is 0.310 e. The molecule has 0 saturated carbocycles. The Balaban J connectivity index is 1.64. The first-order valence-electron chi connectivity index (χ1n) is 10.3. The zero-order valence-electron chi connectivity index (χ0n) is 17.8. The van der Waals surface area contributed by atoms with Crippen LogP contribution in [0.3, 0.4) is 0 Å². The number of carbonyl (C=O) groups is 2. The Labute approximate surface area is 191 Å². The number of amides is 2. The minimum atomic E-state index is -5.76. The molecule has 35 heavy (non-hydrogen) atoms. The maximum atomic E-state index is 14.0. The Morgan fingerprint density at radius 3 is 2.49 bits per heavy atom. The molecule has 1 atom stereocenters. The monoisotopic (exact) mass is 499 g/mol. The molecule has 2 N–H and O–H groups in total. The molecule has 15 heteroatoms. The highest BCUT2D eigenvalue weighted by atomic mass is 19.4. The van der Waals surface area contributed by atoms with Gasteiger partial charge in [-0.25, -0.2) is 24.0 Å². The number of hydrogen-bond acceptors (Lipinski definition) is 6. The summed E-state index contributed by atoms with van der Waals surface area (Å²) in [5, 5.41) is 9.18. The summed E-state index contributed by atoms with van der Waals surface area (Å²) < 4.78 is 79.6. The third-order valence-electron chi connectivity index (χ3n) is 6.12. The van der Waals surface area contributed by atoms with Crippen LogP contribution in [0.1, 0.15) is 31.7 Å². The van der Waals surface area contributed by atoms with Crippen LogP contribution in [0.4, 0.5) is 38.0 Å². The molecule has 0 saturated heterocycles. The van der Waals surface area contributed by atoms with Gasteiger partial charge in [-0.1, -0.05) is 0 Å². The second kappa shape index (κ2) is 7.36. The maximum Gasteiger partial charge on any atom is 0.453 e. The van der Waals surface area contributed by atoms with Gasteiger partial charge in [-0.3, -0.25) is 9.59 Å². The normalized spacial score (nSPS) is 20.0. The number of alkyl halides is 5. The van der Waals surface area contributed by atoms with Gasteiger partial charge in [0, 0.05) is 19.4 Å². The number of pyridine rings is 1. The predicted octanol–water partition coefficient (Wildman–Crippen LogP) is 3.56. The third kappa shape index (κ3) is 3.56. The van der Waals surface area contributed by atoms with E-state index in [1.807, 2.05) is 0 Å². The highest BCUT2D eigenvalue weighted by molar-refractivity contribution is 6.09. The number of carbonyl (C=O) groups excluding carboxylic acids is 2. The summed E-state index contributed by atoms with van der Waals surface area (Å²) in [6.07, 6.45) is -6.39. The number of fused-ring (bicyclic) bond motifs is 1. The molecule has 2 aliphatic heterocycles. The summed E-state index contributed by atoms with van der Waals surface area (Å²) >= 11 is 0. The van der Waals surface area contributed by atoms with Crippen LogP contribution in [0.25, 0.3) is 22.6 Å². The molecule has 2 amide bonds. The van der Waals surface area contributed by atoms with E-state index in [0.29, 0.717) is 5.56 Å². The van der Waals surface area contributed by atoms with Gasteiger partial charge >= 0.3 is 12.1 Å². The summed E-state index contributed by atoms with van der Waals surface area (Å²) in [5.74, 6) is -6.75. The van der Waals surface area contributed by atoms with E-state index >= 15 is 0 Å². The predicted molar refractivity (Wildman–Crippen MR) is 108 cm³/mol. The summed E-state index contributed by atoms with van der Waals surface area (Å²) in [4.78, 5) is 37.2. The lowest BCUT2D eigenvalue weighted by Gasteiger charge is -2.19. The van der Waals surface area contributed by atoms with Crippen LogP contribution in [-0.4, -0.2) is 48.6 Å². The van der Waals surface area contributed by atoms with E-state index in [4.69, 9.17) is 0 Å². The lowest BCUT2D eigenvalue weighted by molar-refractivity contribution is -0.285. The number of rotatable bonds is 4. The van der Waals surface area contributed by atoms with Crippen molar-refractivity contribution in [2.75, 3.05) is 10.6 Å². The second-order valence-corrected chi connectivity index (χ2v) is 8.50. The van der Waals surface area contributed by atoms with Crippen molar-refractivity contribution in [3.63, 3.8) is 0 Å². The largest absolute Gasteiger partial charge is 0.453 e. The Morgan fingerprint density at radius 1 is 1.11 bits per heavy atom. The fourth-order valence-electron chi connectivity index (χ4n) is 4.17. The van der Waals surface area contributed by atoms with Crippen LogP contribution in [0.15, 0.2) is 12.3 Å². The Morgan fingerprint density at radius 2 is 1.80 bits per heavy atom. The minimum absolute atomic E-state index is 0.0176. The molecule has 0 bridgehead atoms. The van der Waals surface area contributed by atoms with Crippen molar-refractivity contribution in [3.8, 4) is 11.5 Å². The van der Waals surface area contributed by atoms with Crippen molar-refractivity contribution >= 4 is 34.5 Å². The topological polar surface area (TPSA) is 115 Å². The molecule has 3 aromatic rings. The first-order valence-corrected chi connectivity index (χ1v) is 10.3. The van der Waals surface area contributed by atoms with Crippen LogP contribution in [0.2, 0.25) is 0 Å². The first-order chi connectivity index (χ1) is 16.3. The van der Waals surface area contributed by atoms with E-state index in [1.165, 1.54) is 0 Å². The van der Waals surface area contributed by atoms with E-state index in [0.717, 1.165) is 16.9 Å². The number of nitrogens with zero attached hydrogens (tertiary/aromatic N) is 5. The molecule has 0 aliphatic carbocycles. The van der Waals surface area contributed by atoms with Crippen molar-refractivity contribution < 1.29 is 35.9 Å². The van der Waals surface area contributed by atoms with Gasteiger partial charge in [0.05, 0.1) is 22.6 Å². The van der Waals surface area contributed by atoms with Gasteiger partial charge in [0.25, 0.3) is 0 Å². The molecule has 9 nitrogen and oxygen atoms in total. The summed E-state index contributed by atoms with van der Waals surface area (Å²) in [6, 6.07) is 0.957. The zero-order chi connectivity index (χ0) is 25.3.